The third-order valence-corrected chi connectivity index (χ3v) is 11.3. The highest BCUT2D eigenvalue weighted by molar-refractivity contribution is 6.31. The molecule has 4 N–H and O–H groups in total. The van der Waals surface area contributed by atoms with Gasteiger partial charge >= 0.3 is 12.1 Å². The zero-order chi connectivity index (χ0) is 40.6. The summed E-state index contributed by atoms with van der Waals surface area (Å²) in [7, 11) is 0. The standard InChI is InChI=1S/C43H51Cl2FN4O6/c1-41(2,3)23-33-43(29-20-15-25(44)22-31(29)48-39(43)53)34(28-13-10-14-30(45)35(28)46)36(50-33)37(51)47-26-16-18-27(19-17-26)55-38(52)32(21-24-11-8-7-9-12-24)49-40(54)56-42(4,5)6/h7-15,20,22,26-27,32-34,36,50H,16-19,21,23H2,1-6H3,(H,47,51)(H,48,53)(H,49,54)/t26-,27-,32-,33+,34-,36+,43-/m0/s1. The van der Waals surface area contributed by atoms with Crippen molar-refractivity contribution in [2.24, 2.45) is 5.41 Å². The number of hydrogen-bond acceptors (Lipinski definition) is 7. The van der Waals surface area contributed by atoms with Crippen LogP contribution in [0, 0.1) is 11.2 Å². The molecule has 0 unspecified atom stereocenters. The van der Waals surface area contributed by atoms with Crippen LogP contribution >= 0.6 is 23.2 Å². The maximum absolute atomic E-state index is 16.2. The van der Waals surface area contributed by atoms with E-state index in [9.17, 15) is 19.2 Å². The van der Waals surface area contributed by atoms with E-state index < -0.39 is 59.0 Å². The molecule has 13 heteroatoms. The summed E-state index contributed by atoms with van der Waals surface area (Å²) in [5.74, 6) is -2.93. The van der Waals surface area contributed by atoms with Gasteiger partial charge in [0.05, 0.1) is 11.1 Å². The van der Waals surface area contributed by atoms with E-state index in [2.05, 4.69) is 42.0 Å². The number of carbonyl (C=O) groups excluding carboxylic acids is 4. The molecule has 2 heterocycles. The maximum Gasteiger partial charge on any atom is 0.408 e. The van der Waals surface area contributed by atoms with E-state index in [-0.39, 0.29) is 40.3 Å². The maximum atomic E-state index is 16.2. The molecule has 56 heavy (non-hydrogen) atoms. The van der Waals surface area contributed by atoms with Crippen molar-refractivity contribution in [1.82, 2.24) is 16.0 Å². The minimum absolute atomic E-state index is 0.106. The van der Waals surface area contributed by atoms with Gasteiger partial charge in [-0.1, -0.05) is 92.5 Å². The number of anilines is 1. The third-order valence-electron chi connectivity index (χ3n) is 10.8. The quantitative estimate of drug-likeness (QED) is 0.161. The molecule has 5 atom stereocenters. The average Bonchev–Trinajstić information content (AvgIpc) is 3.58. The summed E-state index contributed by atoms with van der Waals surface area (Å²) in [4.78, 5) is 55.2. The molecule has 0 aromatic heterocycles. The topological polar surface area (TPSA) is 135 Å². The Kier molecular flexibility index (Phi) is 12.1. The Hall–Kier alpha value is -4.19. The summed E-state index contributed by atoms with van der Waals surface area (Å²) in [5, 5.41) is 12.7. The Morgan fingerprint density at radius 2 is 1.64 bits per heavy atom. The molecule has 3 aromatic rings. The van der Waals surface area contributed by atoms with E-state index in [4.69, 9.17) is 32.7 Å². The van der Waals surface area contributed by atoms with Gasteiger partial charge in [0.1, 0.15) is 29.0 Å². The zero-order valence-electron chi connectivity index (χ0n) is 32.6. The Bertz CT molecular complexity index is 1960. The molecular formula is C43H51Cl2FN4O6. The first-order valence-corrected chi connectivity index (χ1v) is 20.0. The van der Waals surface area contributed by atoms with Gasteiger partial charge in [0, 0.05) is 35.1 Å². The van der Waals surface area contributed by atoms with E-state index in [1.165, 1.54) is 6.07 Å². The summed E-state index contributed by atoms with van der Waals surface area (Å²) in [6, 6.07) is 16.4. The summed E-state index contributed by atoms with van der Waals surface area (Å²) < 4.78 is 27.5. The van der Waals surface area contributed by atoms with Gasteiger partial charge in [-0.2, -0.15) is 0 Å². The van der Waals surface area contributed by atoms with Crippen molar-refractivity contribution in [3.63, 3.8) is 0 Å². The van der Waals surface area contributed by atoms with Gasteiger partial charge in [-0.3, -0.25) is 9.59 Å². The second-order valence-electron chi connectivity index (χ2n) is 17.4. The minimum atomic E-state index is -1.36. The average molecular weight is 810 g/mol. The number of nitrogens with one attached hydrogen (secondary N) is 4. The molecule has 300 valence electrons. The molecule has 3 aromatic carbocycles. The highest BCUT2D eigenvalue weighted by atomic mass is 35.5. The molecule has 1 aliphatic carbocycles. The van der Waals surface area contributed by atoms with Crippen LogP contribution in [0.5, 0.6) is 0 Å². The number of hydrogen-bond donors (Lipinski definition) is 4. The molecule has 3 aliphatic rings. The van der Waals surface area contributed by atoms with E-state index in [1.807, 2.05) is 30.3 Å². The fourth-order valence-electron chi connectivity index (χ4n) is 8.51. The lowest BCUT2D eigenvalue weighted by Crippen LogP contribution is -2.50. The molecule has 0 bridgehead atoms. The van der Waals surface area contributed by atoms with Gasteiger partial charge in [0.2, 0.25) is 11.8 Å². The number of esters is 1. The fraction of sp³-hybridized carbons (Fsp3) is 0.488. The molecule has 6 rings (SSSR count). The number of alkyl carbamates (subject to hydrolysis) is 1. The van der Waals surface area contributed by atoms with Crippen LogP contribution in [0.4, 0.5) is 14.9 Å². The van der Waals surface area contributed by atoms with Crippen LogP contribution in [0.25, 0.3) is 0 Å². The Labute approximate surface area is 337 Å². The molecule has 10 nitrogen and oxygen atoms in total. The Morgan fingerprint density at radius 3 is 2.30 bits per heavy atom. The van der Waals surface area contributed by atoms with Gasteiger partial charge in [-0.15, -0.1) is 0 Å². The van der Waals surface area contributed by atoms with Gasteiger partial charge in [0.15, 0.2) is 0 Å². The van der Waals surface area contributed by atoms with Crippen LogP contribution in [0.1, 0.15) is 96.3 Å². The summed E-state index contributed by atoms with van der Waals surface area (Å²) in [5.41, 5.74) is -0.208. The molecule has 1 saturated heterocycles. The summed E-state index contributed by atoms with van der Waals surface area (Å²) in [6.45, 7) is 11.4. The van der Waals surface area contributed by atoms with Crippen LogP contribution in [0.15, 0.2) is 66.7 Å². The van der Waals surface area contributed by atoms with Gasteiger partial charge < -0.3 is 30.7 Å². The van der Waals surface area contributed by atoms with Crippen LogP contribution < -0.4 is 21.3 Å². The molecule has 2 aliphatic heterocycles. The largest absolute Gasteiger partial charge is 0.461 e. The lowest BCUT2D eigenvalue weighted by atomic mass is 9.62. The van der Waals surface area contributed by atoms with Crippen molar-refractivity contribution in [1.29, 1.82) is 0 Å². The van der Waals surface area contributed by atoms with E-state index >= 15 is 4.39 Å². The normalized spacial score (nSPS) is 25.2. The number of ether oxygens (including phenoxy) is 2. The van der Waals surface area contributed by atoms with Gasteiger partial charge in [-0.05, 0) is 93.2 Å². The van der Waals surface area contributed by atoms with Crippen molar-refractivity contribution in [3.8, 4) is 0 Å². The Morgan fingerprint density at radius 1 is 0.946 bits per heavy atom. The lowest BCUT2D eigenvalue weighted by Gasteiger charge is -2.38. The molecular weight excluding hydrogens is 758 g/mol. The highest BCUT2D eigenvalue weighted by Crippen LogP contribution is 2.57. The number of fused-ring (bicyclic) bond motifs is 2. The SMILES string of the molecule is CC(C)(C)C[C@H]1N[C@@H](C(=O)N[C@H]2CC[C@H](OC(=O)[C@H](Cc3ccccc3)NC(=O)OC(C)(C)C)CC2)[C@H](c2cccc(Cl)c2F)[C@@]12C(=O)Nc1cc(Cl)ccc12. The first-order valence-electron chi connectivity index (χ1n) is 19.2. The third kappa shape index (κ3) is 9.00. The molecule has 1 saturated carbocycles. The molecule has 0 radical (unpaired) electrons. The smallest absolute Gasteiger partial charge is 0.408 e. The van der Waals surface area contributed by atoms with Crippen molar-refractivity contribution in [3.05, 3.63) is 99.3 Å². The lowest BCUT2D eigenvalue weighted by molar-refractivity contribution is -0.153. The minimum Gasteiger partial charge on any atom is -0.461 e. The van der Waals surface area contributed by atoms with Gasteiger partial charge in [-0.25, -0.2) is 14.0 Å². The second kappa shape index (κ2) is 16.3. The predicted molar refractivity (Wildman–Crippen MR) is 214 cm³/mol. The fourth-order valence-corrected chi connectivity index (χ4v) is 8.86. The molecule has 1 spiro atoms. The van der Waals surface area contributed by atoms with Crippen molar-refractivity contribution < 1.29 is 33.0 Å². The summed E-state index contributed by atoms with van der Waals surface area (Å²) in [6.07, 6.45) is 1.53. The van der Waals surface area contributed by atoms with Crippen molar-refractivity contribution in [2.45, 2.75) is 127 Å². The number of halogens is 3. The number of amides is 3. The number of carbonyl (C=O) groups is 4. The first-order chi connectivity index (χ1) is 26.4. The second-order valence-corrected chi connectivity index (χ2v) is 18.2. The predicted octanol–water partition coefficient (Wildman–Crippen LogP) is 7.99. The number of rotatable bonds is 9. The van der Waals surface area contributed by atoms with E-state index in [1.54, 1.807) is 51.1 Å². The van der Waals surface area contributed by atoms with Crippen LogP contribution in [-0.2, 0) is 35.7 Å². The highest BCUT2D eigenvalue weighted by Gasteiger charge is 2.66. The molecule has 3 amide bonds. The summed E-state index contributed by atoms with van der Waals surface area (Å²) >= 11 is 12.7. The first kappa shape index (κ1) is 41.4. The zero-order valence-corrected chi connectivity index (χ0v) is 34.2. The van der Waals surface area contributed by atoms with E-state index in [0.717, 1.165) is 5.56 Å². The van der Waals surface area contributed by atoms with Gasteiger partial charge in [0.25, 0.3) is 0 Å². The van der Waals surface area contributed by atoms with Crippen LogP contribution in [0.2, 0.25) is 10.0 Å². The van der Waals surface area contributed by atoms with Crippen LogP contribution in [-0.4, -0.2) is 59.7 Å². The monoisotopic (exact) mass is 808 g/mol. The Balaban J connectivity index is 1.20. The van der Waals surface area contributed by atoms with E-state index in [0.29, 0.717) is 48.4 Å². The molecule has 2 fully saturated rings. The van der Waals surface area contributed by atoms with Crippen molar-refractivity contribution >= 4 is 52.8 Å². The van der Waals surface area contributed by atoms with Crippen molar-refractivity contribution in [2.75, 3.05) is 5.32 Å². The van der Waals surface area contributed by atoms with Crippen LogP contribution in [0.3, 0.4) is 0 Å². The number of benzene rings is 3.